The molecule has 2 aromatic carbocycles. The molecular weight excluding hydrogens is 817 g/mol. The van der Waals surface area contributed by atoms with Gasteiger partial charge in [0.05, 0.1) is 42.3 Å². The second-order valence-corrected chi connectivity index (χ2v) is 19.2. The summed E-state index contributed by atoms with van der Waals surface area (Å²) in [5, 5.41) is 14.9. The van der Waals surface area contributed by atoms with E-state index in [0.717, 1.165) is 79.5 Å². The van der Waals surface area contributed by atoms with Crippen LogP contribution in [0.5, 0.6) is 17.2 Å². The molecule has 1 aromatic heterocycles. The largest absolute Gasteiger partial charge is 0.496 e. The highest BCUT2D eigenvalue weighted by Gasteiger charge is 2.64. The van der Waals surface area contributed by atoms with Gasteiger partial charge in [-0.2, -0.15) is 5.26 Å². The molecular formula is C48H58N8O8. The van der Waals surface area contributed by atoms with Crippen LogP contribution in [0, 0.1) is 41.9 Å². The highest BCUT2D eigenvalue weighted by atomic mass is 16.5. The van der Waals surface area contributed by atoms with Crippen molar-refractivity contribution in [3.8, 4) is 23.3 Å². The van der Waals surface area contributed by atoms with E-state index in [1.165, 1.54) is 7.11 Å². The van der Waals surface area contributed by atoms with E-state index in [1.54, 1.807) is 24.5 Å². The number of nitrogens with zero attached hydrogens (tertiary/aromatic N) is 6. The monoisotopic (exact) mass is 874 g/mol. The van der Waals surface area contributed by atoms with Gasteiger partial charge >= 0.3 is 0 Å². The van der Waals surface area contributed by atoms with E-state index >= 15 is 0 Å². The van der Waals surface area contributed by atoms with Crippen LogP contribution in [0.25, 0.3) is 0 Å². The number of hydrogen-bond acceptors (Lipinski definition) is 13. The summed E-state index contributed by atoms with van der Waals surface area (Å²) in [6.45, 7) is 18.0. The van der Waals surface area contributed by atoms with Gasteiger partial charge in [-0.25, -0.2) is 9.97 Å². The van der Waals surface area contributed by atoms with E-state index in [2.05, 4.69) is 71.1 Å². The quantitative estimate of drug-likeness (QED) is 0.215. The number of carbonyl (C=O) groups excluding carboxylic acids is 5. The topological polar surface area (TPSA) is 196 Å². The van der Waals surface area contributed by atoms with Crippen molar-refractivity contribution in [2.24, 2.45) is 16.7 Å². The number of carbonyl (C=O) groups is 5. The van der Waals surface area contributed by atoms with Gasteiger partial charge in [0, 0.05) is 67.9 Å². The number of nitriles is 1. The van der Waals surface area contributed by atoms with E-state index in [9.17, 15) is 29.2 Å². The van der Waals surface area contributed by atoms with Crippen LogP contribution in [0.2, 0.25) is 0 Å². The minimum Gasteiger partial charge on any atom is -0.496 e. The first-order valence-corrected chi connectivity index (χ1v) is 22.3. The lowest BCUT2D eigenvalue weighted by atomic mass is 9.49. The predicted octanol–water partition coefficient (Wildman–Crippen LogP) is 5.14. The smallest absolute Gasteiger partial charge is 0.271 e. The number of rotatable bonds is 13. The van der Waals surface area contributed by atoms with Crippen LogP contribution in [0.3, 0.4) is 0 Å². The first kappa shape index (κ1) is 44.5. The Kier molecular flexibility index (Phi) is 11.9. The molecule has 2 saturated carbocycles. The lowest BCUT2D eigenvalue weighted by Crippen LogP contribution is -2.74. The molecule has 2 saturated heterocycles. The molecule has 2 N–H and O–H groups in total. The lowest BCUT2D eigenvalue weighted by molar-refractivity contribution is -0.164. The molecule has 16 heteroatoms. The number of methoxy groups -OCH3 is 1. The molecule has 1 unspecified atom stereocenters. The summed E-state index contributed by atoms with van der Waals surface area (Å²) in [6.07, 6.45) is 6.77. The van der Waals surface area contributed by atoms with Gasteiger partial charge in [-0.3, -0.25) is 34.2 Å². The first-order valence-electron chi connectivity index (χ1n) is 22.3. The van der Waals surface area contributed by atoms with Crippen molar-refractivity contribution < 1.29 is 38.2 Å². The Bertz CT molecular complexity index is 2380. The van der Waals surface area contributed by atoms with Gasteiger partial charge in [0.2, 0.25) is 11.8 Å². The van der Waals surface area contributed by atoms with E-state index in [1.807, 2.05) is 26.0 Å². The van der Waals surface area contributed by atoms with Crippen molar-refractivity contribution in [1.82, 2.24) is 30.4 Å². The second kappa shape index (κ2) is 17.1. The Morgan fingerprint density at radius 3 is 2.20 bits per heavy atom. The van der Waals surface area contributed by atoms with Crippen LogP contribution < -0.4 is 29.7 Å². The zero-order chi connectivity index (χ0) is 45.8. The SMILES string of the molecule is CCN(CC1CCN(c2cnc(C(=O)N[C@H]3C(C)(C)[C@H](Oc4cc(C)c(C#N)c(C)c4)C3(C)C)cn2)CC1)[C@H]1C[C@H](Oc2cc(OC)c3c(c2)C(=O)N(C2CCC(=O)NC2=O)C3=O)C1. The third kappa shape index (κ3) is 8.03. The molecule has 0 radical (unpaired) electrons. The van der Waals surface area contributed by atoms with Crippen LogP contribution in [-0.4, -0.2) is 113 Å². The average molecular weight is 875 g/mol. The molecule has 8 rings (SSSR count). The number of imide groups is 2. The first-order chi connectivity index (χ1) is 30.4. The number of nitrogens with one attached hydrogen (secondary N) is 2. The van der Waals surface area contributed by atoms with Gasteiger partial charge in [0.15, 0.2) is 0 Å². The maximum atomic E-state index is 13.5. The molecule has 0 bridgehead atoms. The zero-order valence-electron chi connectivity index (χ0n) is 37.9. The normalized spacial score (nSPS) is 24.9. The fraction of sp³-hybridized carbons (Fsp3) is 0.542. The summed E-state index contributed by atoms with van der Waals surface area (Å²) in [5.74, 6) is 0.0248. The summed E-state index contributed by atoms with van der Waals surface area (Å²) < 4.78 is 18.4. The molecule has 64 heavy (non-hydrogen) atoms. The van der Waals surface area contributed by atoms with Crippen molar-refractivity contribution in [2.45, 2.75) is 117 Å². The molecule has 4 fully saturated rings. The summed E-state index contributed by atoms with van der Waals surface area (Å²) in [6, 6.07) is 8.37. The fourth-order valence-electron chi connectivity index (χ4n) is 11.0. The minimum atomic E-state index is -1.06. The number of amides is 5. The Balaban J connectivity index is 0.800. The maximum absolute atomic E-state index is 13.5. The average Bonchev–Trinajstić information content (AvgIpc) is 3.50. The molecule has 2 aliphatic carbocycles. The molecule has 0 spiro atoms. The molecule has 5 amide bonds. The number of benzene rings is 2. The molecule has 338 valence electrons. The van der Waals surface area contributed by atoms with Gasteiger partial charge in [-0.1, -0.05) is 34.6 Å². The van der Waals surface area contributed by atoms with Crippen LogP contribution in [0.4, 0.5) is 5.82 Å². The second-order valence-electron chi connectivity index (χ2n) is 19.2. The van der Waals surface area contributed by atoms with Gasteiger partial charge < -0.3 is 29.3 Å². The standard InChI is InChI=1S/C48H58N8O8/c1-9-54(29-18-31(19-29)63-32-20-33-40(37(21-32)62-8)44(61)56(43(33)60)36-10-11-39(57)52-42(36)59)25-28-12-14-55(15-13-28)38-24-50-35(23-51-38)41(58)53-45-47(4,5)46(48(45,6)7)64-30-16-26(2)34(22-49)27(3)17-30/h16-17,20-21,23-24,28-29,31,36,45-46H,9-15,18-19,25H2,1-8H3,(H,53,58)(H,52,57,59)/t29-,31-,36?,45-,46-. The van der Waals surface area contributed by atoms with Crippen molar-refractivity contribution in [2.75, 3.05) is 38.2 Å². The third-order valence-electron chi connectivity index (χ3n) is 14.3. The van der Waals surface area contributed by atoms with Gasteiger partial charge in [0.1, 0.15) is 47.0 Å². The summed E-state index contributed by atoms with van der Waals surface area (Å²) in [5.41, 5.74) is 2.16. The molecule has 5 aliphatic rings. The van der Waals surface area contributed by atoms with E-state index < -0.39 is 29.7 Å². The van der Waals surface area contributed by atoms with Gasteiger partial charge in [0.25, 0.3) is 17.7 Å². The Labute approximate surface area is 374 Å². The highest BCUT2D eigenvalue weighted by Crippen LogP contribution is 2.55. The van der Waals surface area contributed by atoms with Crippen LogP contribution in [0.15, 0.2) is 36.7 Å². The Morgan fingerprint density at radius 2 is 1.61 bits per heavy atom. The summed E-state index contributed by atoms with van der Waals surface area (Å²) in [4.78, 5) is 79.5. The van der Waals surface area contributed by atoms with Crippen molar-refractivity contribution in [1.29, 1.82) is 5.26 Å². The molecule has 3 aromatic rings. The van der Waals surface area contributed by atoms with Crippen LogP contribution in [-0.2, 0) is 9.59 Å². The molecule has 3 aliphatic heterocycles. The molecule has 16 nitrogen and oxygen atoms in total. The maximum Gasteiger partial charge on any atom is 0.271 e. The number of fused-ring (bicyclic) bond motifs is 1. The van der Waals surface area contributed by atoms with E-state index in [0.29, 0.717) is 23.3 Å². The van der Waals surface area contributed by atoms with Crippen molar-refractivity contribution in [3.05, 3.63) is 70.2 Å². The van der Waals surface area contributed by atoms with Gasteiger partial charge in [-0.05, 0) is 74.9 Å². The number of piperidine rings is 2. The third-order valence-corrected chi connectivity index (χ3v) is 14.3. The Hall–Kier alpha value is -6.08. The number of hydrogen-bond donors (Lipinski definition) is 2. The van der Waals surface area contributed by atoms with E-state index in [4.69, 9.17) is 14.2 Å². The van der Waals surface area contributed by atoms with E-state index in [-0.39, 0.29) is 70.4 Å². The lowest BCUT2D eigenvalue weighted by Gasteiger charge is -2.63. The van der Waals surface area contributed by atoms with Crippen molar-refractivity contribution in [3.63, 3.8) is 0 Å². The number of aromatic nitrogens is 2. The molecule has 4 heterocycles. The summed E-state index contributed by atoms with van der Waals surface area (Å²) in [7, 11) is 1.42. The van der Waals surface area contributed by atoms with Crippen molar-refractivity contribution >= 4 is 35.4 Å². The number of anilines is 1. The minimum absolute atomic E-state index is 0.0419. The van der Waals surface area contributed by atoms with Crippen LogP contribution >= 0.6 is 0 Å². The number of ether oxygens (including phenoxy) is 3. The van der Waals surface area contributed by atoms with Gasteiger partial charge in [-0.15, -0.1) is 0 Å². The Morgan fingerprint density at radius 1 is 0.938 bits per heavy atom. The number of aryl methyl sites for hydroxylation is 2. The summed E-state index contributed by atoms with van der Waals surface area (Å²) >= 11 is 0. The highest BCUT2D eigenvalue weighted by molar-refractivity contribution is 6.24. The predicted molar refractivity (Wildman–Crippen MR) is 235 cm³/mol. The van der Waals surface area contributed by atoms with Crippen LogP contribution in [0.1, 0.15) is 121 Å². The molecule has 1 atom stereocenters. The zero-order valence-corrected chi connectivity index (χ0v) is 37.9. The fourth-order valence-corrected chi connectivity index (χ4v) is 11.0.